The van der Waals surface area contributed by atoms with Crippen LogP contribution in [0.1, 0.15) is 29.1 Å². The Labute approximate surface area is 107 Å². The van der Waals surface area contributed by atoms with E-state index in [2.05, 4.69) is 20.1 Å². The van der Waals surface area contributed by atoms with Gasteiger partial charge in [-0.25, -0.2) is 14.8 Å². The molecular formula is C12H11N5O2. The summed E-state index contributed by atoms with van der Waals surface area (Å²) in [7, 11) is 0. The first kappa shape index (κ1) is 11.4. The lowest BCUT2D eigenvalue weighted by Crippen LogP contribution is -2.08. The lowest BCUT2D eigenvalue weighted by Gasteiger charge is -2.07. The van der Waals surface area contributed by atoms with E-state index in [1.807, 2.05) is 19.2 Å². The Bertz CT molecular complexity index is 732. The molecule has 3 heterocycles. The molecule has 0 saturated carbocycles. The summed E-state index contributed by atoms with van der Waals surface area (Å²) < 4.78 is 1.76. The zero-order valence-electron chi connectivity index (χ0n) is 10.1. The second kappa shape index (κ2) is 4.20. The molecule has 0 radical (unpaired) electrons. The van der Waals surface area contributed by atoms with Crippen LogP contribution in [0.3, 0.4) is 0 Å². The minimum absolute atomic E-state index is 0.0718. The standard InChI is InChI=1S/C12H11N5O2/c1-7(17-4-2-3-14-17)10-15-9-5-8(12(18)19)6-13-11(9)16-10/h2-7H,1H3,(H,18,19)(H,13,15,16). The molecule has 0 fully saturated rings. The first-order valence-electron chi connectivity index (χ1n) is 5.73. The summed E-state index contributed by atoms with van der Waals surface area (Å²) in [4.78, 5) is 22.3. The first-order valence-corrected chi connectivity index (χ1v) is 5.73. The number of nitrogens with one attached hydrogen (secondary N) is 1. The van der Waals surface area contributed by atoms with Crippen molar-refractivity contribution in [3.05, 3.63) is 42.1 Å². The van der Waals surface area contributed by atoms with Crippen LogP contribution in [0, 0.1) is 0 Å². The van der Waals surface area contributed by atoms with Gasteiger partial charge in [0.1, 0.15) is 11.9 Å². The number of fused-ring (bicyclic) bond motifs is 1. The van der Waals surface area contributed by atoms with E-state index in [4.69, 9.17) is 5.11 Å². The molecule has 0 aliphatic heterocycles. The van der Waals surface area contributed by atoms with Crippen LogP contribution in [0.2, 0.25) is 0 Å². The number of pyridine rings is 1. The molecule has 1 unspecified atom stereocenters. The summed E-state index contributed by atoms with van der Waals surface area (Å²) >= 11 is 0. The molecule has 0 amide bonds. The Balaban J connectivity index is 2.04. The van der Waals surface area contributed by atoms with Gasteiger partial charge < -0.3 is 10.1 Å². The van der Waals surface area contributed by atoms with Gasteiger partial charge in [-0.15, -0.1) is 0 Å². The van der Waals surface area contributed by atoms with Gasteiger partial charge in [-0.3, -0.25) is 4.68 Å². The van der Waals surface area contributed by atoms with E-state index in [9.17, 15) is 4.79 Å². The first-order chi connectivity index (χ1) is 9.15. The molecule has 96 valence electrons. The maximum atomic E-state index is 10.9. The molecule has 7 nitrogen and oxygen atoms in total. The number of hydrogen-bond donors (Lipinski definition) is 2. The van der Waals surface area contributed by atoms with E-state index in [0.29, 0.717) is 17.0 Å². The molecule has 3 rings (SSSR count). The second-order valence-corrected chi connectivity index (χ2v) is 4.18. The lowest BCUT2D eigenvalue weighted by molar-refractivity contribution is 0.0696. The fourth-order valence-corrected chi connectivity index (χ4v) is 1.87. The number of hydrogen-bond acceptors (Lipinski definition) is 4. The molecule has 3 aromatic heterocycles. The maximum Gasteiger partial charge on any atom is 0.337 e. The van der Waals surface area contributed by atoms with Gasteiger partial charge in [-0.05, 0) is 19.1 Å². The zero-order chi connectivity index (χ0) is 13.4. The van der Waals surface area contributed by atoms with Gasteiger partial charge in [0.25, 0.3) is 0 Å². The van der Waals surface area contributed by atoms with Gasteiger partial charge in [0, 0.05) is 18.6 Å². The molecule has 0 aromatic carbocycles. The van der Waals surface area contributed by atoms with E-state index in [1.54, 1.807) is 10.9 Å². The number of aromatic carboxylic acids is 1. The van der Waals surface area contributed by atoms with Crippen molar-refractivity contribution in [2.75, 3.05) is 0 Å². The van der Waals surface area contributed by atoms with Crippen molar-refractivity contribution in [1.82, 2.24) is 24.7 Å². The Morgan fingerprint density at radius 1 is 1.53 bits per heavy atom. The van der Waals surface area contributed by atoms with Crippen molar-refractivity contribution in [1.29, 1.82) is 0 Å². The van der Waals surface area contributed by atoms with Crippen molar-refractivity contribution in [3.8, 4) is 0 Å². The molecule has 0 saturated heterocycles. The van der Waals surface area contributed by atoms with E-state index in [0.717, 1.165) is 0 Å². The third-order valence-corrected chi connectivity index (χ3v) is 2.92. The quantitative estimate of drug-likeness (QED) is 0.740. The van der Waals surface area contributed by atoms with Gasteiger partial charge in [0.05, 0.1) is 11.1 Å². The van der Waals surface area contributed by atoms with E-state index >= 15 is 0 Å². The summed E-state index contributed by atoms with van der Waals surface area (Å²) in [5.74, 6) is -0.320. The third-order valence-electron chi connectivity index (χ3n) is 2.92. The molecule has 0 bridgehead atoms. The average molecular weight is 257 g/mol. The molecule has 0 aliphatic rings. The maximum absolute atomic E-state index is 10.9. The summed E-state index contributed by atoms with van der Waals surface area (Å²) in [6.07, 6.45) is 4.84. The summed E-state index contributed by atoms with van der Waals surface area (Å²) in [6.45, 7) is 1.95. The Kier molecular flexibility index (Phi) is 2.52. The van der Waals surface area contributed by atoms with E-state index < -0.39 is 5.97 Å². The van der Waals surface area contributed by atoms with Crippen LogP contribution < -0.4 is 0 Å². The monoisotopic (exact) mass is 257 g/mol. The van der Waals surface area contributed by atoms with Gasteiger partial charge in [0.15, 0.2) is 5.65 Å². The van der Waals surface area contributed by atoms with E-state index in [-0.39, 0.29) is 11.6 Å². The largest absolute Gasteiger partial charge is 0.478 e. The van der Waals surface area contributed by atoms with Crippen LogP contribution in [-0.4, -0.2) is 35.8 Å². The van der Waals surface area contributed by atoms with Crippen molar-refractivity contribution < 1.29 is 9.90 Å². The number of nitrogens with zero attached hydrogens (tertiary/aromatic N) is 4. The molecule has 19 heavy (non-hydrogen) atoms. The van der Waals surface area contributed by atoms with Crippen LogP contribution >= 0.6 is 0 Å². The topological polar surface area (TPSA) is 96.7 Å². The number of aromatic amines is 1. The number of carboxylic acid groups (broad SMARTS) is 1. The zero-order valence-corrected chi connectivity index (χ0v) is 10.1. The molecule has 7 heteroatoms. The second-order valence-electron chi connectivity index (χ2n) is 4.18. The predicted octanol–water partition coefficient (Wildman–Crippen LogP) is 1.46. The minimum atomic E-state index is -1.01. The van der Waals surface area contributed by atoms with Crippen molar-refractivity contribution in [3.63, 3.8) is 0 Å². The van der Waals surface area contributed by atoms with Crippen molar-refractivity contribution in [2.24, 2.45) is 0 Å². The normalized spacial score (nSPS) is 12.7. The lowest BCUT2D eigenvalue weighted by atomic mass is 10.3. The Hall–Kier alpha value is -2.70. The molecule has 0 aliphatic carbocycles. The number of H-pyrrole nitrogens is 1. The summed E-state index contributed by atoms with van der Waals surface area (Å²) in [5.41, 5.74) is 1.24. The number of aromatic nitrogens is 5. The highest BCUT2D eigenvalue weighted by atomic mass is 16.4. The Morgan fingerprint density at radius 3 is 3.05 bits per heavy atom. The van der Waals surface area contributed by atoms with Gasteiger partial charge in [0.2, 0.25) is 0 Å². The SMILES string of the molecule is CC(c1nc2ncc(C(=O)O)cc2[nH]1)n1cccn1. The van der Waals surface area contributed by atoms with Crippen molar-refractivity contribution in [2.45, 2.75) is 13.0 Å². The minimum Gasteiger partial charge on any atom is -0.478 e. The average Bonchev–Trinajstić information content (AvgIpc) is 3.06. The van der Waals surface area contributed by atoms with Gasteiger partial charge in [-0.2, -0.15) is 5.10 Å². The molecule has 2 N–H and O–H groups in total. The van der Waals surface area contributed by atoms with Gasteiger partial charge >= 0.3 is 5.97 Å². The fourth-order valence-electron chi connectivity index (χ4n) is 1.87. The Morgan fingerprint density at radius 2 is 2.37 bits per heavy atom. The van der Waals surface area contributed by atoms with Crippen LogP contribution in [0.15, 0.2) is 30.7 Å². The number of rotatable bonds is 3. The van der Waals surface area contributed by atoms with Gasteiger partial charge in [-0.1, -0.05) is 0 Å². The smallest absolute Gasteiger partial charge is 0.337 e. The summed E-state index contributed by atoms with van der Waals surface area (Å²) in [6, 6.07) is 3.29. The van der Waals surface area contributed by atoms with Crippen LogP contribution in [0.25, 0.3) is 11.2 Å². The van der Waals surface area contributed by atoms with Crippen LogP contribution in [0.5, 0.6) is 0 Å². The van der Waals surface area contributed by atoms with Crippen molar-refractivity contribution >= 4 is 17.1 Å². The molecular weight excluding hydrogens is 246 g/mol. The third kappa shape index (κ3) is 1.95. The number of carbonyl (C=O) groups is 1. The summed E-state index contributed by atoms with van der Waals surface area (Å²) in [5, 5.41) is 13.1. The number of imidazole rings is 1. The highest BCUT2D eigenvalue weighted by molar-refractivity contribution is 5.90. The molecule has 1 atom stereocenters. The molecule has 0 spiro atoms. The fraction of sp³-hybridized carbons (Fsp3) is 0.167. The highest BCUT2D eigenvalue weighted by Crippen LogP contribution is 2.18. The highest BCUT2D eigenvalue weighted by Gasteiger charge is 2.14. The molecule has 3 aromatic rings. The van der Waals surface area contributed by atoms with Crippen LogP contribution in [0.4, 0.5) is 0 Å². The number of carboxylic acids is 1. The van der Waals surface area contributed by atoms with Crippen LogP contribution in [-0.2, 0) is 0 Å². The predicted molar refractivity (Wildman–Crippen MR) is 66.9 cm³/mol. The van der Waals surface area contributed by atoms with E-state index in [1.165, 1.54) is 12.3 Å².